The Balaban J connectivity index is 1.89. The molecule has 0 radical (unpaired) electrons. The van der Waals surface area contributed by atoms with Crippen molar-refractivity contribution in [1.82, 2.24) is 5.43 Å². The maximum absolute atomic E-state index is 12.8. The Labute approximate surface area is 145 Å². The van der Waals surface area contributed by atoms with E-state index in [0.717, 1.165) is 5.76 Å². The number of carbonyl (C=O) groups excluding carboxylic acids is 1. The van der Waals surface area contributed by atoms with Crippen molar-refractivity contribution < 1.29 is 14.3 Å². The second kappa shape index (κ2) is 7.15. The fourth-order valence-electron chi connectivity index (χ4n) is 2.55. The standard InChI is InChI=1S/C20H18N2O3/c1-15-12-13-18(25-15)14-21-22-19(23)20(24,16-8-4-2-5-9-16)17-10-6-3-7-11-17/h2-14,24H,1H3,(H,22,23)/b21-14-. The lowest BCUT2D eigenvalue weighted by molar-refractivity contribution is -0.136. The fourth-order valence-corrected chi connectivity index (χ4v) is 2.55. The molecule has 25 heavy (non-hydrogen) atoms. The van der Waals surface area contributed by atoms with Gasteiger partial charge in [-0.2, -0.15) is 5.10 Å². The maximum atomic E-state index is 12.8. The lowest BCUT2D eigenvalue weighted by Gasteiger charge is -2.26. The molecule has 3 rings (SSSR count). The molecule has 0 bridgehead atoms. The van der Waals surface area contributed by atoms with Gasteiger partial charge in [-0.3, -0.25) is 4.79 Å². The van der Waals surface area contributed by atoms with Crippen LogP contribution in [-0.4, -0.2) is 17.2 Å². The normalized spacial score (nSPS) is 11.6. The molecule has 3 aromatic rings. The quantitative estimate of drug-likeness (QED) is 0.556. The van der Waals surface area contributed by atoms with Crippen LogP contribution in [0, 0.1) is 6.92 Å². The van der Waals surface area contributed by atoms with E-state index in [9.17, 15) is 9.90 Å². The van der Waals surface area contributed by atoms with E-state index in [4.69, 9.17) is 4.42 Å². The largest absolute Gasteiger partial charge is 0.460 e. The highest BCUT2D eigenvalue weighted by molar-refractivity contribution is 5.90. The summed E-state index contributed by atoms with van der Waals surface area (Å²) in [5, 5.41) is 15.1. The smallest absolute Gasteiger partial charge is 0.281 e. The summed E-state index contributed by atoms with van der Waals surface area (Å²) in [7, 11) is 0. The second-order valence-corrected chi connectivity index (χ2v) is 5.59. The number of benzene rings is 2. The average molecular weight is 334 g/mol. The van der Waals surface area contributed by atoms with Crippen molar-refractivity contribution in [3.63, 3.8) is 0 Å². The summed E-state index contributed by atoms with van der Waals surface area (Å²) in [6.45, 7) is 1.82. The zero-order valence-electron chi connectivity index (χ0n) is 13.7. The van der Waals surface area contributed by atoms with Crippen LogP contribution in [0.1, 0.15) is 22.6 Å². The van der Waals surface area contributed by atoms with Crippen molar-refractivity contribution in [1.29, 1.82) is 0 Å². The minimum Gasteiger partial charge on any atom is -0.460 e. The molecule has 0 saturated carbocycles. The Hall–Kier alpha value is -3.18. The summed E-state index contributed by atoms with van der Waals surface area (Å²) >= 11 is 0. The lowest BCUT2D eigenvalue weighted by atomic mass is 9.85. The first-order chi connectivity index (χ1) is 12.1. The predicted molar refractivity (Wildman–Crippen MR) is 95.1 cm³/mol. The van der Waals surface area contributed by atoms with Crippen LogP contribution in [0.25, 0.3) is 0 Å². The highest BCUT2D eigenvalue weighted by Crippen LogP contribution is 2.29. The SMILES string of the molecule is Cc1ccc(/C=N\NC(=O)C(O)(c2ccccc2)c2ccccc2)o1. The molecular formula is C20H18N2O3. The van der Waals surface area contributed by atoms with Crippen molar-refractivity contribution >= 4 is 12.1 Å². The van der Waals surface area contributed by atoms with E-state index >= 15 is 0 Å². The van der Waals surface area contributed by atoms with E-state index in [-0.39, 0.29) is 0 Å². The summed E-state index contributed by atoms with van der Waals surface area (Å²) in [4.78, 5) is 12.8. The molecule has 0 aliphatic heterocycles. The van der Waals surface area contributed by atoms with Crippen LogP contribution < -0.4 is 5.43 Å². The second-order valence-electron chi connectivity index (χ2n) is 5.59. The number of hydrogen-bond acceptors (Lipinski definition) is 4. The molecule has 2 N–H and O–H groups in total. The van der Waals surface area contributed by atoms with Gasteiger partial charge in [-0.05, 0) is 30.2 Å². The van der Waals surface area contributed by atoms with E-state index in [0.29, 0.717) is 16.9 Å². The van der Waals surface area contributed by atoms with Gasteiger partial charge in [0.25, 0.3) is 5.91 Å². The molecule has 126 valence electrons. The summed E-state index contributed by atoms with van der Waals surface area (Å²) in [6.07, 6.45) is 1.39. The molecule has 5 nitrogen and oxygen atoms in total. The Morgan fingerprint density at radius 3 is 2.04 bits per heavy atom. The number of hydrazone groups is 1. The van der Waals surface area contributed by atoms with Gasteiger partial charge in [-0.1, -0.05) is 60.7 Å². The monoisotopic (exact) mass is 334 g/mol. The van der Waals surface area contributed by atoms with E-state index in [1.54, 1.807) is 60.7 Å². The van der Waals surface area contributed by atoms with E-state index in [1.807, 2.05) is 19.1 Å². The molecule has 1 aromatic heterocycles. The van der Waals surface area contributed by atoms with E-state index in [2.05, 4.69) is 10.5 Å². The first-order valence-corrected chi connectivity index (χ1v) is 7.84. The average Bonchev–Trinajstić information content (AvgIpc) is 3.07. The van der Waals surface area contributed by atoms with Crippen molar-refractivity contribution in [2.75, 3.05) is 0 Å². The fraction of sp³-hybridized carbons (Fsp3) is 0.100. The molecule has 1 amide bonds. The van der Waals surface area contributed by atoms with Crippen LogP contribution in [0.3, 0.4) is 0 Å². The molecule has 0 atom stereocenters. The third-order valence-electron chi connectivity index (χ3n) is 3.83. The number of carbonyl (C=O) groups is 1. The number of hydrogen-bond donors (Lipinski definition) is 2. The van der Waals surface area contributed by atoms with Crippen LogP contribution in [0.4, 0.5) is 0 Å². The zero-order chi connectivity index (χ0) is 17.7. The Morgan fingerprint density at radius 1 is 1.00 bits per heavy atom. The minimum atomic E-state index is -1.85. The van der Waals surface area contributed by atoms with E-state index < -0.39 is 11.5 Å². The number of nitrogens with one attached hydrogen (secondary N) is 1. The molecule has 0 aliphatic rings. The third kappa shape index (κ3) is 3.51. The number of aliphatic hydroxyl groups is 1. The first-order valence-electron chi connectivity index (χ1n) is 7.84. The summed E-state index contributed by atoms with van der Waals surface area (Å²) in [5.74, 6) is 0.614. The first kappa shape index (κ1) is 16.7. The molecule has 0 fully saturated rings. The molecular weight excluding hydrogens is 316 g/mol. The number of aryl methyl sites for hydroxylation is 1. The van der Waals surface area contributed by atoms with Crippen LogP contribution in [0.2, 0.25) is 0 Å². The minimum absolute atomic E-state index is 0.461. The van der Waals surface area contributed by atoms with Crippen LogP contribution in [0.5, 0.6) is 0 Å². The summed E-state index contributed by atoms with van der Waals surface area (Å²) in [6, 6.07) is 21.1. The number of rotatable bonds is 5. The lowest BCUT2D eigenvalue weighted by Crippen LogP contribution is -2.43. The van der Waals surface area contributed by atoms with Gasteiger partial charge in [0.15, 0.2) is 5.60 Å². The van der Waals surface area contributed by atoms with Crippen molar-refractivity contribution in [2.45, 2.75) is 12.5 Å². The summed E-state index contributed by atoms with van der Waals surface area (Å²) < 4.78 is 5.36. The van der Waals surface area contributed by atoms with Crippen molar-refractivity contribution in [3.05, 3.63) is 95.4 Å². The number of furan rings is 1. The highest BCUT2D eigenvalue weighted by atomic mass is 16.3. The van der Waals surface area contributed by atoms with Gasteiger partial charge in [-0.25, -0.2) is 5.43 Å². The molecule has 1 heterocycles. The Morgan fingerprint density at radius 2 is 1.56 bits per heavy atom. The molecule has 0 aliphatic carbocycles. The predicted octanol–water partition coefficient (Wildman–Crippen LogP) is 2.97. The van der Waals surface area contributed by atoms with Crippen LogP contribution in [0.15, 0.2) is 82.3 Å². The topological polar surface area (TPSA) is 74.8 Å². The van der Waals surface area contributed by atoms with Crippen molar-refractivity contribution in [2.24, 2.45) is 5.10 Å². The van der Waals surface area contributed by atoms with Gasteiger partial charge in [0, 0.05) is 0 Å². The van der Waals surface area contributed by atoms with Gasteiger partial charge in [0.1, 0.15) is 11.5 Å². The molecule has 0 spiro atoms. The van der Waals surface area contributed by atoms with Crippen LogP contribution in [-0.2, 0) is 10.4 Å². The Bertz CT molecular complexity index is 831. The van der Waals surface area contributed by atoms with Gasteiger partial charge in [-0.15, -0.1) is 0 Å². The van der Waals surface area contributed by atoms with Crippen LogP contribution >= 0.6 is 0 Å². The summed E-state index contributed by atoms with van der Waals surface area (Å²) in [5.41, 5.74) is 1.47. The van der Waals surface area contributed by atoms with Gasteiger partial charge < -0.3 is 9.52 Å². The zero-order valence-corrected chi connectivity index (χ0v) is 13.7. The van der Waals surface area contributed by atoms with Gasteiger partial charge >= 0.3 is 0 Å². The van der Waals surface area contributed by atoms with Crippen molar-refractivity contribution in [3.8, 4) is 0 Å². The molecule has 2 aromatic carbocycles. The Kier molecular flexibility index (Phi) is 4.77. The molecule has 0 unspecified atom stereocenters. The molecule has 0 saturated heterocycles. The van der Waals surface area contributed by atoms with Gasteiger partial charge in [0.2, 0.25) is 0 Å². The molecule has 5 heteroatoms. The number of amides is 1. The third-order valence-corrected chi connectivity index (χ3v) is 3.83. The van der Waals surface area contributed by atoms with Gasteiger partial charge in [0.05, 0.1) is 6.21 Å². The van der Waals surface area contributed by atoms with E-state index in [1.165, 1.54) is 6.21 Å². The highest BCUT2D eigenvalue weighted by Gasteiger charge is 2.39. The number of nitrogens with zero attached hydrogens (tertiary/aromatic N) is 1. The maximum Gasteiger partial charge on any atom is 0.281 e.